The summed E-state index contributed by atoms with van der Waals surface area (Å²) in [5.74, 6) is 0.163. The third-order valence-electron chi connectivity index (χ3n) is 3.69. The summed E-state index contributed by atoms with van der Waals surface area (Å²) in [7, 11) is 0. The number of rotatable bonds is 6. The summed E-state index contributed by atoms with van der Waals surface area (Å²) in [5.41, 5.74) is 3.83. The summed E-state index contributed by atoms with van der Waals surface area (Å²) in [6, 6.07) is 13.3. The molecule has 1 N–H and O–H groups in total. The molecule has 0 saturated heterocycles. The van der Waals surface area contributed by atoms with Crippen LogP contribution in [0.3, 0.4) is 0 Å². The van der Waals surface area contributed by atoms with Crippen molar-refractivity contribution >= 4 is 17.6 Å². The molecule has 0 spiro atoms. The lowest BCUT2D eigenvalue weighted by Crippen LogP contribution is -2.06. The quantitative estimate of drug-likeness (QED) is 0.603. The molecule has 0 aromatic heterocycles. The first-order chi connectivity index (χ1) is 11.4. The fourth-order valence-corrected chi connectivity index (χ4v) is 2.51. The Morgan fingerprint density at radius 2 is 1.88 bits per heavy atom. The maximum atomic E-state index is 11.8. The van der Waals surface area contributed by atoms with Crippen LogP contribution in [0.5, 0.6) is 5.75 Å². The normalized spacial score (nSPS) is 11.6. The van der Waals surface area contributed by atoms with Gasteiger partial charge in [0.25, 0.3) is 0 Å². The van der Waals surface area contributed by atoms with E-state index in [9.17, 15) is 9.90 Å². The fraction of sp³-hybridized carbons (Fsp3) is 0.286. The lowest BCUT2D eigenvalue weighted by molar-refractivity contribution is -0.130. The molecule has 126 valence electrons. The smallest absolute Gasteiger partial charge is 0.336 e. The number of ether oxygens (including phenoxy) is 1. The third-order valence-corrected chi connectivity index (χ3v) is 3.69. The minimum atomic E-state index is -0.944. The average molecular weight is 324 g/mol. The minimum Gasteiger partial charge on any atom is -0.493 e. The van der Waals surface area contributed by atoms with Crippen molar-refractivity contribution in [3.8, 4) is 5.75 Å². The van der Waals surface area contributed by atoms with E-state index in [-0.39, 0.29) is 5.57 Å². The zero-order chi connectivity index (χ0) is 17.7. The summed E-state index contributed by atoms with van der Waals surface area (Å²) in [6.45, 7) is 8.68. The van der Waals surface area contributed by atoms with E-state index in [0.717, 1.165) is 22.3 Å². The SMILES string of the molecule is Cc1ccc(/C(=C/c2ccccc2OCC(C)C)C(=O)O)c(C)c1. The van der Waals surface area contributed by atoms with E-state index < -0.39 is 5.97 Å². The molecular formula is C21H24O3. The molecule has 3 nitrogen and oxygen atoms in total. The van der Waals surface area contributed by atoms with Gasteiger partial charge in [0.15, 0.2) is 0 Å². The van der Waals surface area contributed by atoms with Gasteiger partial charge in [-0.1, -0.05) is 55.8 Å². The Labute approximate surface area is 143 Å². The molecule has 24 heavy (non-hydrogen) atoms. The van der Waals surface area contributed by atoms with Crippen LogP contribution in [-0.4, -0.2) is 17.7 Å². The summed E-state index contributed by atoms with van der Waals surface area (Å²) in [4.78, 5) is 11.8. The second kappa shape index (κ2) is 7.82. The van der Waals surface area contributed by atoms with E-state index in [1.54, 1.807) is 6.08 Å². The molecule has 0 atom stereocenters. The van der Waals surface area contributed by atoms with Gasteiger partial charge in [0, 0.05) is 5.56 Å². The Kier molecular flexibility index (Phi) is 5.80. The molecule has 0 radical (unpaired) electrons. The Balaban J connectivity index is 2.47. The first-order valence-corrected chi connectivity index (χ1v) is 8.13. The van der Waals surface area contributed by atoms with Crippen molar-refractivity contribution in [1.82, 2.24) is 0 Å². The molecule has 0 heterocycles. The summed E-state index contributed by atoms with van der Waals surface area (Å²) < 4.78 is 5.83. The first-order valence-electron chi connectivity index (χ1n) is 8.13. The van der Waals surface area contributed by atoms with Gasteiger partial charge in [-0.05, 0) is 43.0 Å². The number of para-hydroxylation sites is 1. The summed E-state index contributed by atoms with van der Waals surface area (Å²) >= 11 is 0. The highest BCUT2D eigenvalue weighted by atomic mass is 16.5. The van der Waals surface area contributed by atoms with E-state index in [4.69, 9.17) is 4.74 Å². The molecule has 0 aliphatic heterocycles. The summed E-state index contributed by atoms with van der Waals surface area (Å²) in [6.07, 6.45) is 1.69. The molecular weight excluding hydrogens is 300 g/mol. The zero-order valence-electron chi connectivity index (χ0n) is 14.7. The van der Waals surface area contributed by atoms with E-state index in [1.807, 2.05) is 56.3 Å². The number of aliphatic carboxylic acids is 1. The van der Waals surface area contributed by atoms with Gasteiger partial charge in [-0.15, -0.1) is 0 Å². The highest BCUT2D eigenvalue weighted by Gasteiger charge is 2.14. The largest absolute Gasteiger partial charge is 0.493 e. The Morgan fingerprint density at radius 3 is 2.50 bits per heavy atom. The minimum absolute atomic E-state index is 0.271. The van der Waals surface area contributed by atoms with Gasteiger partial charge < -0.3 is 9.84 Å². The van der Waals surface area contributed by atoms with Crippen LogP contribution in [0.15, 0.2) is 42.5 Å². The molecule has 2 rings (SSSR count). The van der Waals surface area contributed by atoms with Gasteiger partial charge in [0.2, 0.25) is 0 Å². The van der Waals surface area contributed by atoms with Gasteiger partial charge >= 0.3 is 5.97 Å². The Hall–Kier alpha value is -2.55. The molecule has 0 amide bonds. The van der Waals surface area contributed by atoms with Crippen molar-refractivity contribution < 1.29 is 14.6 Å². The van der Waals surface area contributed by atoms with Crippen LogP contribution in [0.25, 0.3) is 11.6 Å². The molecule has 0 bridgehead atoms. The Morgan fingerprint density at radius 1 is 1.17 bits per heavy atom. The fourth-order valence-electron chi connectivity index (χ4n) is 2.51. The van der Waals surface area contributed by atoms with Crippen molar-refractivity contribution in [3.05, 3.63) is 64.7 Å². The predicted octanol–water partition coefficient (Wildman–Crippen LogP) is 4.96. The van der Waals surface area contributed by atoms with Crippen molar-refractivity contribution in [2.24, 2.45) is 5.92 Å². The monoisotopic (exact) mass is 324 g/mol. The predicted molar refractivity (Wildman–Crippen MR) is 98.2 cm³/mol. The van der Waals surface area contributed by atoms with Crippen LogP contribution in [0, 0.1) is 19.8 Å². The number of carbonyl (C=O) groups is 1. The molecule has 0 aliphatic carbocycles. The van der Waals surface area contributed by atoms with Gasteiger partial charge in [0.1, 0.15) is 5.75 Å². The number of aryl methyl sites for hydroxylation is 2. The summed E-state index contributed by atoms with van der Waals surface area (Å²) in [5, 5.41) is 9.68. The number of carboxylic acid groups (broad SMARTS) is 1. The van der Waals surface area contributed by atoms with Crippen LogP contribution in [0.4, 0.5) is 0 Å². The topological polar surface area (TPSA) is 46.5 Å². The molecule has 2 aromatic carbocycles. The number of hydrogen-bond donors (Lipinski definition) is 1. The van der Waals surface area contributed by atoms with Gasteiger partial charge in [0.05, 0.1) is 12.2 Å². The highest BCUT2D eigenvalue weighted by molar-refractivity contribution is 6.21. The molecule has 0 saturated carbocycles. The van der Waals surface area contributed by atoms with E-state index in [2.05, 4.69) is 13.8 Å². The molecule has 0 fully saturated rings. The number of hydrogen-bond acceptors (Lipinski definition) is 2. The zero-order valence-corrected chi connectivity index (χ0v) is 14.7. The van der Waals surface area contributed by atoms with Crippen LogP contribution >= 0.6 is 0 Å². The van der Waals surface area contributed by atoms with Crippen molar-refractivity contribution in [2.45, 2.75) is 27.7 Å². The lowest BCUT2D eigenvalue weighted by Gasteiger charge is -2.13. The van der Waals surface area contributed by atoms with Crippen LogP contribution < -0.4 is 4.74 Å². The second-order valence-corrected chi connectivity index (χ2v) is 6.42. The van der Waals surface area contributed by atoms with E-state index in [1.165, 1.54) is 0 Å². The van der Waals surface area contributed by atoms with E-state index in [0.29, 0.717) is 18.3 Å². The van der Waals surface area contributed by atoms with Gasteiger partial charge in [-0.25, -0.2) is 4.79 Å². The standard InChI is InChI=1S/C21H24O3/c1-14(2)13-24-20-8-6-5-7-17(20)12-19(21(22)23)18-10-9-15(3)11-16(18)4/h5-12,14H,13H2,1-4H3,(H,22,23)/b19-12-. The first kappa shape index (κ1) is 17.8. The van der Waals surface area contributed by atoms with Gasteiger partial charge in [-0.3, -0.25) is 0 Å². The van der Waals surface area contributed by atoms with Crippen LogP contribution in [-0.2, 0) is 4.79 Å². The number of benzene rings is 2. The van der Waals surface area contributed by atoms with Crippen molar-refractivity contribution in [2.75, 3.05) is 6.61 Å². The maximum absolute atomic E-state index is 11.8. The highest BCUT2D eigenvalue weighted by Crippen LogP contribution is 2.27. The maximum Gasteiger partial charge on any atom is 0.336 e. The molecule has 0 aliphatic rings. The van der Waals surface area contributed by atoms with Crippen LogP contribution in [0.2, 0.25) is 0 Å². The number of carboxylic acids is 1. The third kappa shape index (κ3) is 4.48. The average Bonchev–Trinajstić information content (AvgIpc) is 2.52. The molecule has 2 aromatic rings. The molecule has 3 heteroatoms. The lowest BCUT2D eigenvalue weighted by atomic mass is 9.96. The van der Waals surface area contributed by atoms with Gasteiger partial charge in [-0.2, -0.15) is 0 Å². The van der Waals surface area contributed by atoms with Crippen molar-refractivity contribution in [3.63, 3.8) is 0 Å². The molecule has 0 unspecified atom stereocenters. The van der Waals surface area contributed by atoms with Crippen molar-refractivity contribution in [1.29, 1.82) is 0 Å². The van der Waals surface area contributed by atoms with E-state index >= 15 is 0 Å². The van der Waals surface area contributed by atoms with Crippen LogP contribution in [0.1, 0.15) is 36.1 Å². The second-order valence-electron chi connectivity index (χ2n) is 6.42. The Bertz CT molecular complexity index is 757.